The molecule has 3 heteroatoms. The molecule has 0 aromatic heterocycles. The predicted octanol–water partition coefficient (Wildman–Crippen LogP) is 2.05. The van der Waals surface area contributed by atoms with Gasteiger partial charge in [0.25, 0.3) is 0 Å². The maximum absolute atomic E-state index is 11.8. The highest BCUT2D eigenvalue weighted by Gasteiger charge is 2.14. The molecular formula is C15H17NO2. The average Bonchev–Trinajstić information content (AvgIpc) is 2.43. The van der Waals surface area contributed by atoms with Gasteiger partial charge < -0.3 is 10.4 Å². The quantitative estimate of drug-likeness (QED) is 0.863. The topological polar surface area (TPSA) is 49.3 Å². The minimum absolute atomic E-state index is 0.0316. The third kappa shape index (κ3) is 2.68. The molecule has 2 aromatic carbocycles. The van der Waals surface area contributed by atoms with Gasteiger partial charge in [-0.3, -0.25) is 4.79 Å². The van der Waals surface area contributed by atoms with Gasteiger partial charge in [-0.25, -0.2) is 0 Å². The van der Waals surface area contributed by atoms with Crippen LogP contribution in [0.5, 0.6) is 0 Å². The van der Waals surface area contributed by atoms with Crippen LogP contribution in [-0.4, -0.2) is 24.2 Å². The second kappa shape index (κ2) is 5.65. The number of hydrogen-bond acceptors (Lipinski definition) is 2. The Balaban J connectivity index is 2.22. The van der Waals surface area contributed by atoms with E-state index < -0.39 is 0 Å². The molecule has 2 rings (SSSR count). The number of aliphatic hydroxyl groups is 1. The number of rotatable bonds is 4. The maximum atomic E-state index is 11.8. The summed E-state index contributed by atoms with van der Waals surface area (Å²) in [6, 6.07) is 14.1. The number of benzene rings is 2. The predicted molar refractivity (Wildman–Crippen MR) is 72.5 cm³/mol. The van der Waals surface area contributed by atoms with Gasteiger partial charge in [0.05, 0.1) is 12.5 Å². The van der Waals surface area contributed by atoms with E-state index >= 15 is 0 Å². The third-order valence-electron chi connectivity index (χ3n) is 3.08. The van der Waals surface area contributed by atoms with E-state index in [4.69, 9.17) is 5.11 Å². The molecule has 1 unspecified atom stereocenters. The van der Waals surface area contributed by atoms with Crippen molar-refractivity contribution < 1.29 is 9.90 Å². The summed E-state index contributed by atoms with van der Waals surface area (Å²) in [7, 11) is 0. The fourth-order valence-corrected chi connectivity index (χ4v) is 1.96. The number of aliphatic hydroxyl groups excluding tert-OH is 1. The molecule has 0 spiro atoms. The summed E-state index contributed by atoms with van der Waals surface area (Å²) in [5, 5.41) is 13.7. The smallest absolute Gasteiger partial charge is 0.227 e. The Labute approximate surface area is 106 Å². The average molecular weight is 243 g/mol. The molecule has 1 atom stereocenters. The molecule has 1 amide bonds. The van der Waals surface area contributed by atoms with Crippen LogP contribution in [0.1, 0.15) is 18.4 Å². The van der Waals surface area contributed by atoms with Gasteiger partial charge in [0, 0.05) is 6.54 Å². The van der Waals surface area contributed by atoms with Crippen LogP contribution in [0.4, 0.5) is 0 Å². The number of hydrogen-bond donors (Lipinski definition) is 2. The fourth-order valence-electron chi connectivity index (χ4n) is 1.96. The van der Waals surface area contributed by atoms with Crippen molar-refractivity contribution in [1.29, 1.82) is 0 Å². The number of nitrogens with one attached hydrogen (secondary N) is 1. The molecule has 0 saturated carbocycles. The summed E-state index contributed by atoms with van der Waals surface area (Å²) < 4.78 is 0. The third-order valence-corrected chi connectivity index (χ3v) is 3.08. The van der Waals surface area contributed by atoms with E-state index in [1.807, 2.05) is 43.3 Å². The molecular weight excluding hydrogens is 226 g/mol. The summed E-state index contributed by atoms with van der Waals surface area (Å²) >= 11 is 0. The normalized spacial score (nSPS) is 12.3. The van der Waals surface area contributed by atoms with Gasteiger partial charge >= 0.3 is 0 Å². The van der Waals surface area contributed by atoms with E-state index in [1.54, 1.807) is 0 Å². The molecule has 0 bridgehead atoms. The summed E-state index contributed by atoms with van der Waals surface area (Å²) in [6.07, 6.45) is 0. The van der Waals surface area contributed by atoms with Crippen LogP contribution in [0.2, 0.25) is 0 Å². The van der Waals surface area contributed by atoms with Crippen LogP contribution < -0.4 is 5.32 Å². The van der Waals surface area contributed by atoms with E-state index in [-0.39, 0.29) is 18.4 Å². The molecule has 0 heterocycles. The maximum Gasteiger partial charge on any atom is 0.227 e. The Kier molecular flexibility index (Phi) is 3.95. The first-order valence-electron chi connectivity index (χ1n) is 6.09. The van der Waals surface area contributed by atoms with E-state index in [0.717, 1.165) is 10.9 Å². The largest absolute Gasteiger partial charge is 0.395 e. The zero-order valence-corrected chi connectivity index (χ0v) is 10.4. The van der Waals surface area contributed by atoms with Gasteiger partial charge in [0.15, 0.2) is 0 Å². The molecule has 0 fully saturated rings. The molecule has 0 aliphatic rings. The molecule has 0 radical (unpaired) electrons. The van der Waals surface area contributed by atoms with Crippen molar-refractivity contribution in [3.05, 3.63) is 48.0 Å². The van der Waals surface area contributed by atoms with Crippen molar-refractivity contribution >= 4 is 16.7 Å². The Morgan fingerprint density at radius 2 is 1.94 bits per heavy atom. The van der Waals surface area contributed by atoms with Crippen molar-refractivity contribution in [1.82, 2.24) is 5.32 Å². The SMILES string of the molecule is CC(C(=O)NCCO)c1ccc2ccccc2c1. The molecule has 18 heavy (non-hydrogen) atoms. The van der Waals surface area contributed by atoms with Gasteiger partial charge in [-0.15, -0.1) is 0 Å². The van der Waals surface area contributed by atoms with Gasteiger partial charge in [0.1, 0.15) is 0 Å². The molecule has 0 aliphatic carbocycles. The van der Waals surface area contributed by atoms with Crippen LogP contribution in [0.3, 0.4) is 0 Å². The molecule has 2 aromatic rings. The molecule has 94 valence electrons. The van der Waals surface area contributed by atoms with Crippen molar-refractivity contribution in [3.8, 4) is 0 Å². The highest BCUT2D eigenvalue weighted by molar-refractivity contribution is 5.87. The lowest BCUT2D eigenvalue weighted by molar-refractivity contribution is -0.122. The number of carbonyl (C=O) groups is 1. The highest BCUT2D eigenvalue weighted by Crippen LogP contribution is 2.21. The number of carbonyl (C=O) groups excluding carboxylic acids is 1. The standard InChI is InChI=1S/C15H17NO2/c1-11(15(18)16-8-9-17)13-7-6-12-4-2-3-5-14(12)10-13/h2-7,10-11,17H,8-9H2,1H3,(H,16,18). The Bertz CT molecular complexity index is 551. The molecule has 2 N–H and O–H groups in total. The van der Waals surface area contributed by atoms with Crippen LogP contribution in [-0.2, 0) is 4.79 Å². The lowest BCUT2D eigenvalue weighted by atomic mass is 9.97. The summed E-state index contributed by atoms with van der Waals surface area (Å²) in [5.41, 5.74) is 0.990. The molecule has 3 nitrogen and oxygen atoms in total. The van der Waals surface area contributed by atoms with Gasteiger partial charge in [-0.1, -0.05) is 42.5 Å². The lowest BCUT2D eigenvalue weighted by Gasteiger charge is -2.12. The van der Waals surface area contributed by atoms with E-state index in [0.29, 0.717) is 6.54 Å². The molecule has 0 aliphatic heterocycles. The van der Waals surface area contributed by atoms with Crippen LogP contribution >= 0.6 is 0 Å². The zero-order chi connectivity index (χ0) is 13.0. The number of fused-ring (bicyclic) bond motifs is 1. The van der Waals surface area contributed by atoms with Crippen molar-refractivity contribution in [2.75, 3.05) is 13.2 Å². The molecule has 0 saturated heterocycles. The van der Waals surface area contributed by atoms with Gasteiger partial charge in [-0.2, -0.15) is 0 Å². The lowest BCUT2D eigenvalue weighted by Crippen LogP contribution is -2.30. The monoisotopic (exact) mass is 243 g/mol. The van der Waals surface area contributed by atoms with E-state index in [1.165, 1.54) is 5.39 Å². The first-order valence-corrected chi connectivity index (χ1v) is 6.09. The van der Waals surface area contributed by atoms with E-state index in [9.17, 15) is 4.79 Å². The van der Waals surface area contributed by atoms with Gasteiger partial charge in [0.2, 0.25) is 5.91 Å². The zero-order valence-electron chi connectivity index (χ0n) is 10.4. The van der Waals surface area contributed by atoms with Crippen LogP contribution in [0.15, 0.2) is 42.5 Å². The Morgan fingerprint density at radius 1 is 1.22 bits per heavy atom. The number of amides is 1. The second-order valence-corrected chi connectivity index (χ2v) is 4.34. The van der Waals surface area contributed by atoms with Crippen LogP contribution in [0.25, 0.3) is 10.8 Å². The second-order valence-electron chi connectivity index (χ2n) is 4.34. The van der Waals surface area contributed by atoms with Crippen LogP contribution in [0, 0.1) is 0 Å². The summed E-state index contributed by atoms with van der Waals surface area (Å²) in [4.78, 5) is 11.8. The Morgan fingerprint density at radius 3 is 2.67 bits per heavy atom. The first kappa shape index (κ1) is 12.6. The van der Waals surface area contributed by atoms with Crippen molar-refractivity contribution in [3.63, 3.8) is 0 Å². The van der Waals surface area contributed by atoms with Gasteiger partial charge in [-0.05, 0) is 23.3 Å². The first-order chi connectivity index (χ1) is 8.72. The summed E-state index contributed by atoms with van der Waals surface area (Å²) in [5.74, 6) is -0.263. The summed E-state index contributed by atoms with van der Waals surface area (Å²) in [6.45, 7) is 2.14. The minimum Gasteiger partial charge on any atom is -0.395 e. The highest BCUT2D eigenvalue weighted by atomic mass is 16.3. The Hall–Kier alpha value is -1.87. The van der Waals surface area contributed by atoms with E-state index in [2.05, 4.69) is 11.4 Å². The minimum atomic E-state index is -0.207. The van der Waals surface area contributed by atoms with Crippen molar-refractivity contribution in [2.45, 2.75) is 12.8 Å². The fraction of sp³-hybridized carbons (Fsp3) is 0.267. The van der Waals surface area contributed by atoms with Crippen molar-refractivity contribution in [2.24, 2.45) is 0 Å².